The Hall–Kier alpha value is -1.77. The largest absolute Gasteiger partial charge is 0.756 e. The Bertz CT molecular complexity index is 1150. The van der Waals surface area contributed by atoms with Crippen molar-refractivity contribution in [3.63, 3.8) is 0 Å². The van der Waals surface area contributed by atoms with E-state index in [9.17, 15) is 19.0 Å². The number of allylic oxidation sites excluding steroid dienone is 6. The number of likely N-dealkylation sites (N-methyl/N-ethyl adjacent to an activating group) is 1. The molecule has 0 aromatic heterocycles. The SMILES string of the molecule is CC/C=C/C/C=C/C/C=C/CCCCCCCC(=O)O[C@@H](COC(=O)CCCCCCCCCCCCCCCCCCCCCCCCC)COP(=O)([O-])OCC[N+](C)(C)C. The van der Waals surface area contributed by atoms with Crippen molar-refractivity contribution < 1.29 is 42.1 Å². The van der Waals surface area contributed by atoms with Crippen LogP contribution in [0.25, 0.3) is 0 Å². The molecule has 0 radical (unpaired) electrons. The fourth-order valence-electron chi connectivity index (χ4n) is 7.20. The van der Waals surface area contributed by atoms with Crippen LogP contribution in [-0.2, 0) is 32.7 Å². The Balaban J connectivity index is 4.18. The zero-order valence-electron chi connectivity index (χ0n) is 41.1. The van der Waals surface area contributed by atoms with Gasteiger partial charge in [0, 0.05) is 12.8 Å². The number of carbonyl (C=O) groups excluding carboxylic acids is 2. The first-order valence-corrected chi connectivity index (χ1v) is 27.2. The molecule has 0 aliphatic carbocycles. The molecule has 9 nitrogen and oxygen atoms in total. The maximum absolute atomic E-state index is 12.7. The number of carbonyl (C=O) groups is 2. The molecule has 364 valence electrons. The average molecular weight is 896 g/mol. The fraction of sp³-hybridized carbons (Fsp3) is 0.846. The lowest BCUT2D eigenvalue weighted by molar-refractivity contribution is -0.870. The molecule has 62 heavy (non-hydrogen) atoms. The minimum absolute atomic E-state index is 0.0336. The van der Waals surface area contributed by atoms with E-state index in [1.165, 1.54) is 128 Å². The molecule has 0 N–H and O–H groups in total. The Morgan fingerprint density at radius 1 is 0.516 bits per heavy atom. The smallest absolute Gasteiger partial charge is 0.306 e. The monoisotopic (exact) mass is 896 g/mol. The third-order valence-electron chi connectivity index (χ3n) is 11.2. The van der Waals surface area contributed by atoms with E-state index in [0.717, 1.165) is 70.6 Å². The average Bonchev–Trinajstić information content (AvgIpc) is 3.23. The quantitative estimate of drug-likeness (QED) is 0.0195. The lowest BCUT2D eigenvalue weighted by Gasteiger charge is -2.28. The van der Waals surface area contributed by atoms with Crippen LogP contribution < -0.4 is 4.89 Å². The molecule has 0 rings (SSSR count). The van der Waals surface area contributed by atoms with Crippen LogP contribution in [0.4, 0.5) is 0 Å². The zero-order chi connectivity index (χ0) is 45.7. The highest BCUT2D eigenvalue weighted by atomic mass is 31.2. The highest BCUT2D eigenvalue weighted by molar-refractivity contribution is 7.45. The number of unbranched alkanes of at least 4 members (excludes halogenated alkanes) is 27. The van der Waals surface area contributed by atoms with Gasteiger partial charge in [-0.1, -0.05) is 211 Å². The Morgan fingerprint density at radius 2 is 0.919 bits per heavy atom. The van der Waals surface area contributed by atoms with Gasteiger partial charge in [-0.25, -0.2) is 0 Å². The minimum Gasteiger partial charge on any atom is -0.756 e. The van der Waals surface area contributed by atoms with Crippen molar-refractivity contribution in [2.75, 3.05) is 47.5 Å². The van der Waals surface area contributed by atoms with Crippen molar-refractivity contribution in [1.29, 1.82) is 0 Å². The molecular formula is C52H98NO8P. The van der Waals surface area contributed by atoms with Crippen molar-refractivity contribution in [3.8, 4) is 0 Å². The molecule has 2 atom stereocenters. The standard InChI is InChI=1S/C52H98NO8P/c1-6-8-10-12-14-16-18-20-22-23-24-25-26-27-28-29-31-32-34-36-38-40-42-44-51(54)58-48-50(49-60-62(56,57)59-47-46-53(3,4)5)61-52(55)45-43-41-39-37-35-33-30-21-19-17-15-13-11-9-7-2/h9,11,15,17,21,30,50H,6-8,10,12-14,16,18-20,22-29,31-49H2,1-5H3/b11-9+,17-15+,30-21+/t50-/m0/s1. The molecule has 0 heterocycles. The summed E-state index contributed by atoms with van der Waals surface area (Å²) in [6.45, 7) is 4.13. The minimum atomic E-state index is -4.63. The van der Waals surface area contributed by atoms with E-state index in [1.54, 1.807) is 0 Å². The lowest BCUT2D eigenvalue weighted by Crippen LogP contribution is -2.37. The normalized spacial score (nSPS) is 13.7. The van der Waals surface area contributed by atoms with E-state index in [-0.39, 0.29) is 32.0 Å². The summed E-state index contributed by atoms with van der Waals surface area (Å²) in [7, 11) is 1.16. The highest BCUT2D eigenvalue weighted by Crippen LogP contribution is 2.38. The number of phosphoric acid groups is 1. The summed E-state index contributed by atoms with van der Waals surface area (Å²) in [5, 5.41) is 0. The van der Waals surface area contributed by atoms with E-state index in [2.05, 4.69) is 50.3 Å². The second-order valence-electron chi connectivity index (χ2n) is 18.5. The van der Waals surface area contributed by atoms with E-state index >= 15 is 0 Å². The Kier molecular flexibility index (Phi) is 43.2. The number of quaternary nitrogens is 1. The number of phosphoric ester groups is 1. The number of rotatable bonds is 47. The lowest BCUT2D eigenvalue weighted by atomic mass is 10.0. The predicted molar refractivity (Wildman–Crippen MR) is 259 cm³/mol. The maximum Gasteiger partial charge on any atom is 0.306 e. The summed E-state index contributed by atoms with van der Waals surface area (Å²) >= 11 is 0. The van der Waals surface area contributed by atoms with Gasteiger partial charge in [0.05, 0.1) is 27.7 Å². The van der Waals surface area contributed by atoms with Crippen molar-refractivity contribution in [2.24, 2.45) is 0 Å². The third-order valence-corrected chi connectivity index (χ3v) is 12.1. The van der Waals surface area contributed by atoms with Gasteiger partial charge in [-0.05, 0) is 44.9 Å². The van der Waals surface area contributed by atoms with Crippen molar-refractivity contribution in [2.45, 2.75) is 238 Å². The number of nitrogens with zero attached hydrogens (tertiary/aromatic N) is 1. The number of ether oxygens (including phenoxy) is 2. The molecule has 10 heteroatoms. The molecule has 0 spiro atoms. The van der Waals surface area contributed by atoms with E-state index in [4.69, 9.17) is 18.5 Å². The van der Waals surface area contributed by atoms with Crippen molar-refractivity contribution in [1.82, 2.24) is 0 Å². The second kappa shape index (κ2) is 44.4. The molecule has 1 unspecified atom stereocenters. The first-order valence-electron chi connectivity index (χ1n) is 25.7. The topological polar surface area (TPSA) is 111 Å². The Labute approximate surface area is 382 Å². The molecule has 0 aliphatic heterocycles. The van der Waals surface area contributed by atoms with Crippen LogP contribution in [0.3, 0.4) is 0 Å². The van der Waals surface area contributed by atoms with Gasteiger partial charge in [-0.3, -0.25) is 14.2 Å². The van der Waals surface area contributed by atoms with Crippen LogP contribution in [-0.4, -0.2) is 70.0 Å². The van der Waals surface area contributed by atoms with Crippen LogP contribution in [0, 0.1) is 0 Å². The highest BCUT2D eigenvalue weighted by Gasteiger charge is 2.21. The van der Waals surface area contributed by atoms with Gasteiger partial charge < -0.3 is 27.9 Å². The van der Waals surface area contributed by atoms with Crippen LogP contribution >= 0.6 is 7.82 Å². The Morgan fingerprint density at radius 3 is 1.37 bits per heavy atom. The molecule has 0 saturated heterocycles. The van der Waals surface area contributed by atoms with Gasteiger partial charge in [-0.15, -0.1) is 0 Å². The van der Waals surface area contributed by atoms with Crippen LogP contribution in [0.2, 0.25) is 0 Å². The summed E-state index contributed by atoms with van der Waals surface area (Å²) in [6.07, 6.45) is 51.8. The van der Waals surface area contributed by atoms with Gasteiger partial charge >= 0.3 is 11.9 Å². The van der Waals surface area contributed by atoms with Crippen LogP contribution in [0.15, 0.2) is 36.5 Å². The van der Waals surface area contributed by atoms with E-state index in [1.807, 2.05) is 21.1 Å². The third kappa shape index (κ3) is 47.7. The van der Waals surface area contributed by atoms with Crippen LogP contribution in [0.5, 0.6) is 0 Å². The van der Waals surface area contributed by atoms with Gasteiger partial charge in [-0.2, -0.15) is 0 Å². The van der Waals surface area contributed by atoms with Crippen molar-refractivity contribution >= 4 is 19.8 Å². The van der Waals surface area contributed by atoms with Crippen molar-refractivity contribution in [3.05, 3.63) is 36.5 Å². The molecule has 0 saturated carbocycles. The first-order chi connectivity index (χ1) is 30.0. The maximum atomic E-state index is 12.7. The molecule has 0 aromatic carbocycles. The zero-order valence-corrected chi connectivity index (χ0v) is 42.0. The summed E-state index contributed by atoms with van der Waals surface area (Å²) in [5.41, 5.74) is 0. The summed E-state index contributed by atoms with van der Waals surface area (Å²) in [5.74, 6) is -0.845. The van der Waals surface area contributed by atoms with Crippen LogP contribution in [0.1, 0.15) is 232 Å². The number of esters is 2. The summed E-state index contributed by atoms with van der Waals surface area (Å²) in [6, 6.07) is 0. The second-order valence-corrected chi connectivity index (χ2v) is 19.9. The summed E-state index contributed by atoms with van der Waals surface area (Å²) in [4.78, 5) is 37.7. The fourth-order valence-corrected chi connectivity index (χ4v) is 7.93. The molecule has 0 aliphatic rings. The van der Waals surface area contributed by atoms with Gasteiger partial charge in [0.15, 0.2) is 6.10 Å². The predicted octanol–water partition coefficient (Wildman–Crippen LogP) is 14.6. The van der Waals surface area contributed by atoms with E-state index in [0.29, 0.717) is 17.4 Å². The van der Waals surface area contributed by atoms with E-state index < -0.39 is 26.5 Å². The first kappa shape index (κ1) is 60.2. The molecule has 0 amide bonds. The molecule has 0 fully saturated rings. The number of hydrogen-bond donors (Lipinski definition) is 0. The van der Waals surface area contributed by atoms with Gasteiger partial charge in [0.25, 0.3) is 7.82 Å². The molecular weight excluding hydrogens is 798 g/mol. The molecule has 0 aromatic rings. The molecule has 0 bridgehead atoms. The van der Waals surface area contributed by atoms with Gasteiger partial charge in [0.2, 0.25) is 0 Å². The van der Waals surface area contributed by atoms with Gasteiger partial charge in [0.1, 0.15) is 19.8 Å². The number of hydrogen-bond acceptors (Lipinski definition) is 8. The summed E-state index contributed by atoms with van der Waals surface area (Å²) < 4.78 is 34.0.